The Morgan fingerprint density at radius 2 is 1.94 bits per heavy atom. The van der Waals surface area contributed by atoms with Crippen molar-refractivity contribution in [1.82, 2.24) is 0 Å². The first kappa shape index (κ1) is 10.3. The highest BCUT2D eigenvalue weighted by Crippen LogP contribution is 2.39. The summed E-state index contributed by atoms with van der Waals surface area (Å²) in [6, 6.07) is 3.75. The Bertz CT molecular complexity index is 522. The van der Waals surface area contributed by atoms with Crippen molar-refractivity contribution in [3.05, 3.63) is 23.3 Å². The molecular formula is C13H13NO3. The minimum Gasteiger partial charge on any atom is -0.427 e. The van der Waals surface area contributed by atoms with E-state index in [1.807, 2.05) is 17.0 Å². The van der Waals surface area contributed by atoms with Crippen LogP contribution in [-0.2, 0) is 22.4 Å². The standard InChI is InChI=1S/C13H13NO3/c1-8(15)17-11-6-9-2-3-12(16)14-5-4-10(7-11)13(9)14/h6-7H,2-5H2,1H3. The molecule has 0 spiro atoms. The molecule has 0 bridgehead atoms. The van der Waals surface area contributed by atoms with E-state index in [9.17, 15) is 9.59 Å². The summed E-state index contributed by atoms with van der Waals surface area (Å²) in [4.78, 5) is 24.5. The second-order valence-electron chi connectivity index (χ2n) is 4.48. The average Bonchev–Trinajstić information content (AvgIpc) is 2.68. The quantitative estimate of drug-likeness (QED) is 0.543. The van der Waals surface area contributed by atoms with Gasteiger partial charge >= 0.3 is 5.97 Å². The lowest BCUT2D eigenvalue weighted by molar-refractivity contribution is -0.131. The Hall–Kier alpha value is -1.84. The summed E-state index contributed by atoms with van der Waals surface area (Å²) >= 11 is 0. The lowest BCUT2D eigenvalue weighted by atomic mass is 9.99. The van der Waals surface area contributed by atoms with E-state index >= 15 is 0 Å². The minimum absolute atomic E-state index is 0.205. The van der Waals surface area contributed by atoms with Gasteiger partial charge in [-0.15, -0.1) is 0 Å². The van der Waals surface area contributed by atoms with E-state index in [1.165, 1.54) is 6.92 Å². The van der Waals surface area contributed by atoms with Crippen molar-refractivity contribution in [2.45, 2.75) is 26.2 Å². The second-order valence-corrected chi connectivity index (χ2v) is 4.48. The van der Waals surface area contributed by atoms with Crippen molar-refractivity contribution in [3.8, 4) is 5.75 Å². The fourth-order valence-electron chi connectivity index (χ4n) is 2.65. The first-order valence-electron chi connectivity index (χ1n) is 5.80. The fraction of sp³-hybridized carbons (Fsp3) is 0.385. The molecule has 3 rings (SSSR count). The van der Waals surface area contributed by atoms with Crippen LogP contribution in [-0.4, -0.2) is 18.4 Å². The Labute approximate surface area is 99.2 Å². The molecule has 2 heterocycles. The molecule has 0 unspecified atom stereocenters. The number of carbonyl (C=O) groups is 2. The number of ether oxygens (including phenoxy) is 1. The smallest absolute Gasteiger partial charge is 0.308 e. The van der Waals surface area contributed by atoms with Gasteiger partial charge in [0.1, 0.15) is 5.75 Å². The number of rotatable bonds is 1. The van der Waals surface area contributed by atoms with Gasteiger partial charge in [-0.2, -0.15) is 0 Å². The minimum atomic E-state index is -0.307. The lowest BCUT2D eigenvalue weighted by Crippen LogP contribution is -2.32. The van der Waals surface area contributed by atoms with Gasteiger partial charge in [0.2, 0.25) is 5.91 Å². The molecule has 0 saturated heterocycles. The largest absolute Gasteiger partial charge is 0.427 e. The van der Waals surface area contributed by atoms with Crippen LogP contribution in [0.2, 0.25) is 0 Å². The van der Waals surface area contributed by atoms with E-state index in [4.69, 9.17) is 4.74 Å². The van der Waals surface area contributed by atoms with Crippen molar-refractivity contribution in [2.75, 3.05) is 11.4 Å². The van der Waals surface area contributed by atoms with E-state index in [0.29, 0.717) is 12.2 Å². The van der Waals surface area contributed by atoms with Crippen LogP contribution in [0.4, 0.5) is 5.69 Å². The van der Waals surface area contributed by atoms with Crippen LogP contribution in [0.15, 0.2) is 12.1 Å². The Kier molecular flexibility index (Phi) is 2.18. The van der Waals surface area contributed by atoms with Gasteiger partial charge in [-0.05, 0) is 36.1 Å². The van der Waals surface area contributed by atoms with Crippen LogP contribution in [0.25, 0.3) is 0 Å². The van der Waals surface area contributed by atoms with E-state index in [-0.39, 0.29) is 11.9 Å². The molecule has 0 fully saturated rings. The monoisotopic (exact) mass is 231 g/mol. The van der Waals surface area contributed by atoms with Gasteiger partial charge in [0.05, 0.1) is 5.69 Å². The van der Waals surface area contributed by atoms with Gasteiger partial charge in [-0.1, -0.05) is 0 Å². The maximum Gasteiger partial charge on any atom is 0.308 e. The summed E-state index contributed by atoms with van der Waals surface area (Å²) < 4.78 is 5.13. The fourth-order valence-corrected chi connectivity index (χ4v) is 2.65. The van der Waals surface area contributed by atoms with Gasteiger partial charge in [0.15, 0.2) is 0 Å². The van der Waals surface area contributed by atoms with Crippen LogP contribution in [0.3, 0.4) is 0 Å². The van der Waals surface area contributed by atoms with Crippen LogP contribution in [0.1, 0.15) is 24.5 Å². The Morgan fingerprint density at radius 3 is 2.65 bits per heavy atom. The van der Waals surface area contributed by atoms with Gasteiger partial charge in [0.25, 0.3) is 0 Å². The molecule has 4 nitrogen and oxygen atoms in total. The molecule has 0 aliphatic carbocycles. The molecule has 0 atom stereocenters. The number of nitrogens with zero attached hydrogens (tertiary/aromatic N) is 1. The van der Waals surface area contributed by atoms with E-state index in [1.54, 1.807) is 0 Å². The maximum atomic E-state index is 11.7. The highest BCUT2D eigenvalue weighted by molar-refractivity contribution is 5.98. The van der Waals surface area contributed by atoms with E-state index in [0.717, 1.165) is 36.2 Å². The Balaban J connectivity index is 2.07. The number of hydrogen-bond donors (Lipinski definition) is 0. The molecule has 1 aromatic carbocycles. The van der Waals surface area contributed by atoms with Crippen LogP contribution < -0.4 is 9.64 Å². The molecule has 1 aromatic rings. The molecule has 1 amide bonds. The van der Waals surface area contributed by atoms with Crippen LogP contribution in [0, 0.1) is 0 Å². The first-order chi connectivity index (χ1) is 8.15. The summed E-state index contributed by atoms with van der Waals surface area (Å²) in [5.74, 6) is 0.498. The zero-order valence-corrected chi connectivity index (χ0v) is 9.66. The third-order valence-corrected chi connectivity index (χ3v) is 3.29. The number of aryl methyl sites for hydroxylation is 1. The summed E-state index contributed by atoms with van der Waals surface area (Å²) in [6.07, 6.45) is 2.14. The van der Waals surface area contributed by atoms with E-state index < -0.39 is 0 Å². The molecule has 88 valence electrons. The van der Waals surface area contributed by atoms with Gasteiger partial charge in [-0.3, -0.25) is 9.59 Å². The first-order valence-corrected chi connectivity index (χ1v) is 5.80. The summed E-state index contributed by atoms with van der Waals surface area (Å²) in [5.41, 5.74) is 3.29. The third kappa shape index (κ3) is 1.60. The average molecular weight is 231 g/mol. The summed E-state index contributed by atoms with van der Waals surface area (Å²) in [6.45, 7) is 2.15. The second kappa shape index (κ2) is 3.58. The van der Waals surface area contributed by atoms with E-state index in [2.05, 4.69) is 0 Å². The van der Waals surface area contributed by atoms with Gasteiger partial charge in [-0.25, -0.2) is 0 Å². The highest BCUT2D eigenvalue weighted by atomic mass is 16.5. The van der Waals surface area contributed by atoms with Gasteiger partial charge < -0.3 is 9.64 Å². The molecule has 17 heavy (non-hydrogen) atoms. The predicted octanol–water partition coefficient (Wildman–Crippen LogP) is 1.45. The molecule has 0 saturated carbocycles. The van der Waals surface area contributed by atoms with Crippen molar-refractivity contribution in [3.63, 3.8) is 0 Å². The van der Waals surface area contributed by atoms with Crippen LogP contribution in [0.5, 0.6) is 5.75 Å². The van der Waals surface area contributed by atoms with Crippen molar-refractivity contribution in [2.24, 2.45) is 0 Å². The van der Waals surface area contributed by atoms with Crippen molar-refractivity contribution in [1.29, 1.82) is 0 Å². The number of esters is 1. The van der Waals surface area contributed by atoms with Crippen LogP contribution >= 0.6 is 0 Å². The predicted molar refractivity (Wildman–Crippen MR) is 62.1 cm³/mol. The number of amides is 1. The number of anilines is 1. The van der Waals surface area contributed by atoms with Gasteiger partial charge in [0, 0.05) is 19.9 Å². The maximum absolute atomic E-state index is 11.7. The Morgan fingerprint density at radius 1 is 1.24 bits per heavy atom. The molecule has 0 radical (unpaired) electrons. The lowest BCUT2D eigenvalue weighted by Gasteiger charge is -2.25. The number of hydrogen-bond acceptors (Lipinski definition) is 3. The van der Waals surface area contributed by atoms with Crippen molar-refractivity contribution < 1.29 is 14.3 Å². The number of benzene rings is 1. The summed E-state index contributed by atoms with van der Waals surface area (Å²) in [7, 11) is 0. The number of carbonyl (C=O) groups excluding carboxylic acids is 2. The molecular weight excluding hydrogens is 218 g/mol. The normalized spacial score (nSPS) is 17.0. The SMILES string of the molecule is CC(=O)Oc1cc2c3c(c1)CCN3C(=O)CC2. The highest BCUT2D eigenvalue weighted by Gasteiger charge is 2.31. The molecule has 2 aliphatic rings. The zero-order valence-electron chi connectivity index (χ0n) is 9.66. The topological polar surface area (TPSA) is 46.6 Å². The summed E-state index contributed by atoms with van der Waals surface area (Å²) in [5, 5.41) is 0. The molecule has 0 aromatic heterocycles. The zero-order chi connectivity index (χ0) is 12.0. The van der Waals surface area contributed by atoms with Crippen molar-refractivity contribution >= 4 is 17.6 Å². The molecule has 2 aliphatic heterocycles. The molecule has 0 N–H and O–H groups in total. The third-order valence-electron chi connectivity index (χ3n) is 3.29. The molecule has 4 heteroatoms.